The summed E-state index contributed by atoms with van der Waals surface area (Å²) < 4.78 is 0. The SMILES string of the molecule is OC1CC2CC=CC2(/C=C/[C@@H](O)CCc2ccccc2)C1. The van der Waals surface area contributed by atoms with Crippen LogP contribution in [0.1, 0.15) is 31.2 Å². The number of allylic oxidation sites excluding steroid dienone is 3. The molecule has 2 nitrogen and oxygen atoms in total. The molecule has 2 aliphatic rings. The average molecular weight is 284 g/mol. The molecule has 3 rings (SSSR count). The van der Waals surface area contributed by atoms with Crippen molar-refractivity contribution < 1.29 is 10.2 Å². The van der Waals surface area contributed by atoms with Crippen LogP contribution >= 0.6 is 0 Å². The van der Waals surface area contributed by atoms with Gasteiger partial charge in [0.2, 0.25) is 0 Å². The number of benzene rings is 1. The van der Waals surface area contributed by atoms with Gasteiger partial charge in [-0.05, 0) is 43.6 Å². The van der Waals surface area contributed by atoms with E-state index in [4.69, 9.17) is 0 Å². The predicted molar refractivity (Wildman–Crippen MR) is 84.8 cm³/mol. The number of rotatable bonds is 5. The monoisotopic (exact) mass is 284 g/mol. The number of aryl methyl sites for hydroxylation is 1. The van der Waals surface area contributed by atoms with Crippen LogP contribution in [0, 0.1) is 11.3 Å². The number of aliphatic hydroxyl groups is 2. The van der Waals surface area contributed by atoms with E-state index in [9.17, 15) is 10.2 Å². The zero-order valence-electron chi connectivity index (χ0n) is 12.4. The molecule has 0 spiro atoms. The van der Waals surface area contributed by atoms with E-state index < -0.39 is 6.10 Å². The van der Waals surface area contributed by atoms with Gasteiger partial charge in [0.1, 0.15) is 0 Å². The van der Waals surface area contributed by atoms with Crippen LogP contribution in [0.3, 0.4) is 0 Å². The number of aliphatic hydroxyl groups excluding tert-OH is 2. The van der Waals surface area contributed by atoms with Crippen molar-refractivity contribution in [3.63, 3.8) is 0 Å². The van der Waals surface area contributed by atoms with E-state index >= 15 is 0 Å². The van der Waals surface area contributed by atoms with Gasteiger partial charge >= 0.3 is 0 Å². The molecule has 2 N–H and O–H groups in total. The quantitative estimate of drug-likeness (QED) is 0.815. The molecule has 4 atom stereocenters. The van der Waals surface area contributed by atoms with Gasteiger partial charge in [-0.2, -0.15) is 0 Å². The van der Waals surface area contributed by atoms with Crippen LogP contribution in [0.5, 0.6) is 0 Å². The molecule has 1 saturated carbocycles. The highest BCUT2D eigenvalue weighted by molar-refractivity contribution is 5.24. The van der Waals surface area contributed by atoms with Crippen LogP contribution in [0.4, 0.5) is 0 Å². The molecule has 2 heteroatoms. The van der Waals surface area contributed by atoms with Crippen molar-refractivity contribution in [2.24, 2.45) is 11.3 Å². The van der Waals surface area contributed by atoms with Gasteiger partial charge in [0, 0.05) is 5.41 Å². The van der Waals surface area contributed by atoms with Crippen LogP contribution in [-0.4, -0.2) is 22.4 Å². The first-order chi connectivity index (χ1) is 10.2. The molecule has 0 bridgehead atoms. The third-order valence-corrected chi connectivity index (χ3v) is 4.95. The van der Waals surface area contributed by atoms with Crippen molar-refractivity contribution in [1.29, 1.82) is 0 Å². The van der Waals surface area contributed by atoms with Gasteiger partial charge in [0.15, 0.2) is 0 Å². The second kappa shape index (κ2) is 6.17. The topological polar surface area (TPSA) is 40.5 Å². The number of hydrogen-bond acceptors (Lipinski definition) is 2. The van der Waals surface area contributed by atoms with E-state index in [0.717, 1.165) is 32.1 Å². The van der Waals surface area contributed by atoms with Gasteiger partial charge < -0.3 is 10.2 Å². The van der Waals surface area contributed by atoms with Crippen LogP contribution < -0.4 is 0 Å². The molecule has 1 aromatic carbocycles. The minimum Gasteiger partial charge on any atom is -0.393 e. The minimum atomic E-state index is -0.410. The summed E-state index contributed by atoms with van der Waals surface area (Å²) in [5.41, 5.74) is 1.26. The molecule has 0 heterocycles. The molecule has 21 heavy (non-hydrogen) atoms. The average Bonchev–Trinajstić information content (AvgIpc) is 3.00. The summed E-state index contributed by atoms with van der Waals surface area (Å²) in [6, 6.07) is 10.3. The first-order valence-electron chi connectivity index (χ1n) is 7.95. The standard InChI is InChI=1S/C19H24O2/c20-17(9-8-15-5-2-1-3-6-15)10-12-19-11-4-7-16(19)13-18(21)14-19/h1-6,10-12,16-18,20-21H,7-9,13-14H2/b12-10+/t16?,17-,18?,19?/m0/s1. The minimum absolute atomic E-state index is 0.00680. The lowest BCUT2D eigenvalue weighted by atomic mass is 9.80. The van der Waals surface area contributed by atoms with Crippen molar-refractivity contribution in [2.75, 3.05) is 0 Å². The zero-order chi connectivity index (χ0) is 14.7. The molecular formula is C19H24O2. The summed E-state index contributed by atoms with van der Waals surface area (Å²) in [4.78, 5) is 0. The maximum Gasteiger partial charge on any atom is 0.0724 e. The van der Waals surface area contributed by atoms with Gasteiger partial charge in [-0.3, -0.25) is 0 Å². The Hall–Kier alpha value is -1.38. The third kappa shape index (κ3) is 3.28. The Balaban J connectivity index is 1.57. The van der Waals surface area contributed by atoms with Gasteiger partial charge in [-0.15, -0.1) is 0 Å². The molecule has 0 aromatic heterocycles. The highest BCUT2D eigenvalue weighted by Gasteiger charge is 2.45. The van der Waals surface area contributed by atoms with Crippen LogP contribution in [0.2, 0.25) is 0 Å². The highest BCUT2D eigenvalue weighted by Crippen LogP contribution is 2.51. The smallest absolute Gasteiger partial charge is 0.0724 e. The molecule has 1 fully saturated rings. The van der Waals surface area contributed by atoms with Crippen molar-refractivity contribution in [1.82, 2.24) is 0 Å². The second-order valence-corrected chi connectivity index (χ2v) is 6.49. The Kier molecular flexibility index (Phi) is 4.27. The van der Waals surface area contributed by atoms with E-state index in [0.29, 0.717) is 5.92 Å². The largest absolute Gasteiger partial charge is 0.393 e. The van der Waals surface area contributed by atoms with E-state index in [2.05, 4.69) is 30.4 Å². The van der Waals surface area contributed by atoms with Crippen LogP contribution in [0.25, 0.3) is 0 Å². The molecule has 0 amide bonds. The molecule has 3 unspecified atom stereocenters. The molecule has 1 aromatic rings. The maximum absolute atomic E-state index is 10.2. The zero-order valence-corrected chi connectivity index (χ0v) is 12.4. The Bertz CT molecular complexity index is 520. The Morgan fingerprint density at radius 1 is 1.29 bits per heavy atom. The molecule has 2 aliphatic carbocycles. The molecule has 112 valence electrons. The van der Waals surface area contributed by atoms with Gasteiger partial charge in [-0.1, -0.05) is 54.6 Å². The van der Waals surface area contributed by atoms with Crippen molar-refractivity contribution in [2.45, 2.75) is 44.3 Å². The molecule has 0 saturated heterocycles. The fourth-order valence-corrected chi connectivity index (χ4v) is 3.78. The van der Waals surface area contributed by atoms with E-state index in [1.807, 2.05) is 24.3 Å². The lowest BCUT2D eigenvalue weighted by Crippen LogP contribution is -2.17. The van der Waals surface area contributed by atoms with Crippen LogP contribution in [-0.2, 0) is 6.42 Å². The Morgan fingerprint density at radius 2 is 2.10 bits per heavy atom. The fourth-order valence-electron chi connectivity index (χ4n) is 3.78. The maximum atomic E-state index is 10.2. The van der Waals surface area contributed by atoms with Crippen molar-refractivity contribution >= 4 is 0 Å². The fraction of sp³-hybridized carbons (Fsp3) is 0.474. The molecule has 0 aliphatic heterocycles. The first-order valence-corrected chi connectivity index (χ1v) is 7.95. The summed E-state index contributed by atoms with van der Waals surface area (Å²) in [5.74, 6) is 0.519. The molecule has 0 radical (unpaired) electrons. The normalized spacial score (nSPS) is 32.7. The van der Waals surface area contributed by atoms with Crippen LogP contribution in [0.15, 0.2) is 54.6 Å². The summed E-state index contributed by atoms with van der Waals surface area (Å²) in [6.45, 7) is 0. The number of fused-ring (bicyclic) bond motifs is 1. The number of hydrogen-bond donors (Lipinski definition) is 2. The predicted octanol–water partition coefficient (Wildman–Crippen LogP) is 3.25. The molecular weight excluding hydrogens is 260 g/mol. The third-order valence-electron chi connectivity index (χ3n) is 4.95. The highest BCUT2D eigenvalue weighted by atomic mass is 16.3. The summed E-state index contributed by atoms with van der Waals surface area (Å²) >= 11 is 0. The van der Waals surface area contributed by atoms with Crippen molar-refractivity contribution in [3.8, 4) is 0 Å². The second-order valence-electron chi connectivity index (χ2n) is 6.49. The first kappa shape index (κ1) is 14.6. The van der Waals surface area contributed by atoms with Gasteiger partial charge in [-0.25, -0.2) is 0 Å². The van der Waals surface area contributed by atoms with E-state index in [-0.39, 0.29) is 11.5 Å². The van der Waals surface area contributed by atoms with E-state index in [1.54, 1.807) is 0 Å². The van der Waals surface area contributed by atoms with Gasteiger partial charge in [0.25, 0.3) is 0 Å². The van der Waals surface area contributed by atoms with Crippen molar-refractivity contribution in [3.05, 3.63) is 60.2 Å². The lowest BCUT2D eigenvalue weighted by molar-refractivity contribution is 0.173. The van der Waals surface area contributed by atoms with Gasteiger partial charge in [0.05, 0.1) is 12.2 Å². The summed E-state index contributed by atoms with van der Waals surface area (Å²) in [7, 11) is 0. The lowest BCUT2D eigenvalue weighted by Gasteiger charge is -2.24. The Labute approximate surface area is 126 Å². The summed E-state index contributed by atoms with van der Waals surface area (Å²) in [6.07, 6.45) is 12.3. The van der Waals surface area contributed by atoms with E-state index in [1.165, 1.54) is 5.56 Å². The summed E-state index contributed by atoms with van der Waals surface area (Å²) in [5, 5.41) is 20.1. The Morgan fingerprint density at radius 3 is 2.90 bits per heavy atom.